The highest BCUT2D eigenvalue weighted by molar-refractivity contribution is 5.87. The number of aliphatic hydroxyl groups excluding tert-OH is 1. The first-order chi connectivity index (χ1) is 8.61. The van der Waals surface area contributed by atoms with Crippen molar-refractivity contribution in [2.45, 2.75) is 18.6 Å². The van der Waals surface area contributed by atoms with Crippen molar-refractivity contribution in [1.29, 1.82) is 0 Å². The standard InChI is InChI=1S/C12H13NO5/c14-6-8(12(16)17)13-11(15)10-5-7-3-1-2-4-9(7)18-10/h1-4,8,10,14H,5-6H2,(H,13,15)(H,16,17)/t8-,10?/m1/s1. The van der Waals surface area contributed by atoms with Gasteiger partial charge >= 0.3 is 5.97 Å². The second kappa shape index (κ2) is 5.05. The number of carbonyl (C=O) groups excluding carboxylic acids is 1. The van der Waals surface area contributed by atoms with Gasteiger partial charge in [-0.2, -0.15) is 0 Å². The number of hydrogen-bond donors (Lipinski definition) is 3. The van der Waals surface area contributed by atoms with Crippen LogP contribution in [0.25, 0.3) is 0 Å². The molecule has 1 aromatic rings. The molecular weight excluding hydrogens is 238 g/mol. The van der Waals surface area contributed by atoms with E-state index < -0.39 is 30.6 Å². The zero-order valence-corrected chi connectivity index (χ0v) is 9.50. The summed E-state index contributed by atoms with van der Waals surface area (Å²) in [6, 6.07) is 5.94. The van der Waals surface area contributed by atoms with Gasteiger partial charge in [0.05, 0.1) is 6.61 Å². The second-order valence-corrected chi connectivity index (χ2v) is 4.00. The van der Waals surface area contributed by atoms with Gasteiger partial charge in [0, 0.05) is 6.42 Å². The summed E-state index contributed by atoms with van der Waals surface area (Å²) in [4.78, 5) is 22.5. The van der Waals surface area contributed by atoms with E-state index in [1.807, 2.05) is 12.1 Å². The molecule has 3 N–H and O–H groups in total. The summed E-state index contributed by atoms with van der Waals surface area (Å²) in [5.74, 6) is -1.18. The van der Waals surface area contributed by atoms with E-state index in [-0.39, 0.29) is 0 Å². The number of hydrogen-bond acceptors (Lipinski definition) is 4. The Morgan fingerprint density at radius 3 is 2.78 bits per heavy atom. The first kappa shape index (κ1) is 12.4. The molecule has 2 atom stereocenters. The molecule has 1 aromatic carbocycles. The van der Waals surface area contributed by atoms with Crippen LogP contribution in [-0.2, 0) is 16.0 Å². The molecule has 0 aliphatic carbocycles. The molecule has 2 rings (SSSR count). The first-order valence-electron chi connectivity index (χ1n) is 5.50. The zero-order chi connectivity index (χ0) is 13.1. The number of aliphatic hydroxyl groups is 1. The van der Waals surface area contributed by atoms with Gasteiger partial charge in [0.25, 0.3) is 5.91 Å². The average Bonchev–Trinajstić information content (AvgIpc) is 2.79. The van der Waals surface area contributed by atoms with Crippen LogP contribution in [0.2, 0.25) is 0 Å². The fourth-order valence-corrected chi connectivity index (χ4v) is 1.78. The highest BCUT2D eigenvalue weighted by Gasteiger charge is 2.31. The number of amides is 1. The van der Waals surface area contributed by atoms with Gasteiger partial charge in [-0.25, -0.2) is 4.79 Å². The minimum atomic E-state index is -1.30. The van der Waals surface area contributed by atoms with Crippen molar-refractivity contribution in [3.8, 4) is 5.75 Å². The Morgan fingerprint density at radius 1 is 1.44 bits per heavy atom. The van der Waals surface area contributed by atoms with Crippen molar-refractivity contribution in [3.63, 3.8) is 0 Å². The lowest BCUT2D eigenvalue weighted by atomic mass is 10.1. The van der Waals surface area contributed by atoms with Crippen LogP contribution in [0.4, 0.5) is 0 Å². The fraction of sp³-hybridized carbons (Fsp3) is 0.333. The highest BCUT2D eigenvalue weighted by Crippen LogP contribution is 2.28. The molecule has 1 unspecified atom stereocenters. The monoisotopic (exact) mass is 251 g/mol. The van der Waals surface area contributed by atoms with Crippen LogP contribution in [0.1, 0.15) is 5.56 Å². The second-order valence-electron chi connectivity index (χ2n) is 4.00. The van der Waals surface area contributed by atoms with Crippen molar-refractivity contribution in [2.75, 3.05) is 6.61 Å². The zero-order valence-electron chi connectivity index (χ0n) is 9.50. The molecule has 0 saturated carbocycles. The molecule has 0 saturated heterocycles. The van der Waals surface area contributed by atoms with E-state index in [4.69, 9.17) is 14.9 Å². The normalized spacial score (nSPS) is 18.6. The van der Waals surface area contributed by atoms with E-state index in [2.05, 4.69) is 5.32 Å². The van der Waals surface area contributed by atoms with Gasteiger partial charge in [0.15, 0.2) is 6.10 Å². The summed E-state index contributed by atoms with van der Waals surface area (Å²) in [5.41, 5.74) is 0.911. The van der Waals surface area contributed by atoms with Gasteiger partial charge in [-0.1, -0.05) is 18.2 Å². The lowest BCUT2D eigenvalue weighted by Crippen LogP contribution is -2.48. The van der Waals surface area contributed by atoms with E-state index in [0.717, 1.165) is 5.56 Å². The largest absolute Gasteiger partial charge is 0.480 e. The van der Waals surface area contributed by atoms with Gasteiger partial charge in [-0.3, -0.25) is 4.79 Å². The van der Waals surface area contributed by atoms with E-state index in [9.17, 15) is 9.59 Å². The van der Waals surface area contributed by atoms with Crippen LogP contribution in [0.3, 0.4) is 0 Å². The highest BCUT2D eigenvalue weighted by atomic mass is 16.5. The fourth-order valence-electron chi connectivity index (χ4n) is 1.78. The predicted molar refractivity (Wildman–Crippen MR) is 61.2 cm³/mol. The van der Waals surface area contributed by atoms with Crippen LogP contribution < -0.4 is 10.1 Å². The van der Waals surface area contributed by atoms with Crippen molar-refractivity contribution in [2.24, 2.45) is 0 Å². The van der Waals surface area contributed by atoms with Crippen LogP contribution in [0, 0.1) is 0 Å². The SMILES string of the molecule is O=C(N[C@H](CO)C(=O)O)C1Cc2ccccc2O1. The molecule has 1 heterocycles. The Kier molecular flexibility index (Phi) is 3.47. The molecule has 96 valence electrons. The first-order valence-corrected chi connectivity index (χ1v) is 5.50. The molecule has 1 amide bonds. The smallest absolute Gasteiger partial charge is 0.328 e. The maximum absolute atomic E-state index is 11.8. The molecule has 6 heteroatoms. The molecule has 0 fully saturated rings. The van der Waals surface area contributed by atoms with E-state index in [1.54, 1.807) is 12.1 Å². The predicted octanol–water partition coefficient (Wildman–Crippen LogP) is -0.448. The van der Waals surface area contributed by atoms with Gasteiger partial charge in [0.1, 0.15) is 11.8 Å². The van der Waals surface area contributed by atoms with Gasteiger partial charge in [-0.05, 0) is 11.6 Å². The minimum absolute atomic E-state index is 0.403. The molecule has 1 aliphatic heterocycles. The number of carbonyl (C=O) groups is 2. The van der Waals surface area contributed by atoms with Crippen LogP contribution in [0.15, 0.2) is 24.3 Å². The van der Waals surface area contributed by atoms with Crippen molar-refractivity contribution < 1.29 is 24.5 Å². The quantitative estimate of drug-likeness (QED) is 0.673. The molecule has 0 bridgehead atoms. The number of rotatable bonds is 4. The van der Waals surface area contributed by atoms with Crippen LogP contribution in [-0.4, -0.2) is 40.8 Å². The van der Waals surface area contributed by atoms with Crippen LogP contribution in [0.5, 0.6) is 5.75 Å². The number of benzene rings is 1. The molecular formula is C12H13NO5. The third-order valence-electron chi connectivity index (χ3n) is 2.74. The summed E-state index contributed by atoms with van der Waals surface area (Å²) in [7, 11) is 0. The van der Waals surface area contributed by atoms with Gasteiger partial charge < -0.3 is 20.3 Å². The molecule has 0 radical (unpaired) electrons. The molecule has 1 aliphatic rings. The topological polar surface area (TPSA) is 95.9 Å². The van der Waals surface area contributed by atoms with Gasteiger partial charge in [-0.15, -0.1) is 0 Å². The Hall–Kier alpha value is -2.08. The average molecular weight is 251 g/mol. The van der Waals surface area contributed by atoms with E-state index in [0.29, 0.717) is 12.2 Å². The Bertz CT molecular complexity index is 448. The summed E-state index contributed by atoms with van der Waals surface area (Å²) in [5, 5.41) is 19.8. The molecule has 0 aromatic heterocycles. The number of carboxylic acids is 1. The summed E-state index contributed by atoms with van der Waals surface area (Å²) >= 11 is 0. The number of nitrogens with one attached hydrogen (secondary N) is 1. The number of carboxylic acid groups (broad SMARTS) is 1. The Labute approximate surface area is 103 Å². The number of para-hydroxylation sites is 1. The third kappa shape index (κ3) is 2.43. The molecule has 0 spiro atoms. The number of fused-ring (bicyclic) bond motifs is 1. The number of ether oxygens (including phenoxy) is 1. The Morgan fingerprint density at radius 2 is 2.17 bits per heavy atom. The van der Waals surface area contributed by atoms with E-state index >= 15 is 0 Å². The molecule has 18 heavy (non-hydrogen) atoms. The molecule has 6 nitrogen and oxygen atoms in total. The summed E-state index contributed by atoms with van der Waals surface area (Å²) in [6.45, 7) is -0.652. The van der Waals surface area contributed by atoms with Crippen LogP contribution >= 0.6 is 0 Å². The maximum Gasteiger partial charge on any atom is 0.328 e. The van der Waals surface area contributed by atoms with Gasteiger partial charge in [0.2, 0.25) is 0 Å². The van der Waals surface area contributed by atoms with E-state index in [1.165, 1.54) is 0 Å². The third-order valence-corrected chi connectivity index (χ3v) is 2.74. The number of aliphatic carboxylic acids is 1. The van der Waals surface area contributed by atoms with Crippen molar-refractivity contribution in [1.82, 2.24) is 5.32 Å². The summed E-state index contributed by atoms with van der Waals surface area (Å²) in [6.07, 6.45) is -0.337. The lowest BCUT2D eigenvalue weighted by molar-refractivity contribution is -0.144. The van der Waals surface area contributed by atoms with Crippen molar-refractivity contribution in [3.05, 3.63) is 29.8 Å². The lowest BCUT2D eigenvalue weighted by Gasteiger charge is -2.15. The summed E-state index contributed by atoms with van der Waals surface area (Å²) < 4.78 is 5.41. The minimum Gasteiger partial charge on any atom is -0.480 e. The van der Waals surface area contributed by atoms with Crippen molar-refractivity contribution >= 4 is 11.9 Å². The maximum atomic E-state index is 11.8. The Balaban J connectivity index is 1.99.